The SMILES string of the molecule is CCC(C)C(NC(=O)C(CCCCN)NC(=O)C(CC(N)=O)NC(=O)C(N)Cc1cnc[nH]1)C(=O)O. The zero-order valence-corrected chi connectivity index (χ0v) is 20.7. The zero-order chi connectivity index (χ0) is 27.3. The lowest BCUT2D eigenvalue weighted by molar-refractivity contribution is -0.144. The molecule has 4 amide bonds. The first-order chi connectivity index (χ1) is 17.0. The molecule has 1 heterocycles. The van der Waals surface area contributed by atoms with E-state index in [4.69, 9.17) is 17.2 Å². The topological polar surface area (TPSA) is 248 Å². The number of amides is 4. The summed E-state index contributed by atoms with van der Waals surface area (Å²) in [6.07, 6.45) is 4.20. The van der Waals surface area contributed by atoms with Gasteiger partial charge in [0.1, 0.15) is 18.1 Å². The fourth-order valence-electron chi connectivity index (χ4n) is 3.39. The predicted octanol–water partition coefficient (Wildman–Crippen LogP) is -2.13. The van der Waals surface area contributed by atoms with Gasteiger partial charge in [-0.25, -0.2) is 9.78 Å². The number of carboxylic acid groups (broad SMARTS) is 1. The number of rotatable bonds is 17. The summed E-state index contributed by atoms with van der Waals surface area (Å²) in [5.74, 6) is -4.66. The third-order valence-corrected chi connectivity index (χ3v) is 5.73. The molecule has 1 aromatic rings. The van der Waals surface area contributed by atoms with Gasteiger partial charge in [-0.2, -0.15) is 0 Å². The number of H-pyrrole nitrogens is 1. The third kappa shape index (κ3) is 10.4. The molecule has 0 saturated carbocycles. The molecule has 0 aliphatic rings. The summed E-state index contributed by atoms with van der Waals surface area (Å²) in [6.45, 7) is 3.84. The van der Waals surface area contributed by atoms with Crippen molar-refractivity contribution in [2.24, 2.45) is 23.1 Å². The molecular formula is C22H38N8O6. The number of imidazole rings is 1. The average molecular weight is 511 g/mol. The lowest BCUT2D eigenvalue weighted by atomic mass is 9.98. The lowest BCUT2D eigenvalue weighted by Gasteiger charge is -2.26. The van der Waals surface area contributed by atoms with Crippen molar-refractivity contribution in [3.05, 3.63) is 18.2 Å². The number of carbonyl (C=O) groups is 5. The molecule has 0 spiro atoms. The van der Waals surface area contributed by atoms with Gasteiger partial charge in [-0.15, -0.1) is 0 Å². The summed E-state index contributed by atoms with van der Waals surface area (Å²) in [6, 6.07) is -4.72. The van der Waals surface area contributed by atoms with Gasteiger partial charge in [0, 0.05) is 18.3 Å². The van der Waals surface area contributed by atoms with Gasteiger partial charge < -0.3 is 43.2 Å². The number of carboxylic acids is 1. The summed E-state index contributed by atoms with van der Waals surface area (Å²) >= 11 is 0. The van der Waals surface area contributed by atoms with Crippen molar-refractivity contribution in [2.75, 3.05) is 6.54 Å². The summed E-state index contributed by atoms with van der Waals surface area (Å²) in [5, 5.41) is 16.9. The molecule has 0 fully saturated rings. The molecule has 1 rings (SSSR count). The number of carbonyl (C=O) groups excluding carboxylic acids is 4. The first kappa shape index (κ1) is 30.5. The molecule has 0 bridgehead atoms. The molecule has 5 atom stereocenters. The maximum atomic E-state index is 13.0. The van der Waals surface area contributed by atoms with E-state index in [0.717, 1.165) is 0 Å². The fourth-order valence-corrected chi connectivity index (χ4v) is 3.39. The minimum atomic E-state index is -1.39. The van der Waals surface area contributed by atoms with Gasteiger partial charge in [0.25, 0.3) is 0 Å². The Kier molecular flexibility index (Phi) is 13.1. The van der Waals surface area contributed by atoms with E-state index < -0.39 is 60.2 Å². The maximum absolute atomic E-state index is 13.0. The van der Waals surface area contributed by atoms with Crippen molar-refractivity contribution in [1.29, 1.82) is 0 Å². The Bertz CT molecular complexity index is 878. The van der Waals surface area contributed by atoms with Gasteiger partial charge in [-0.05, 0) is 31.7 Å². The van der Waals surface area contributed by atoms with Crippen LogP contribution in [0.1, 0.15) is 51.6 Å². The Morgan fingerprint density at radius 1 is 1.06 bits per heavy atom. The first-order valence-corrected chi connectivity index (χ1v) is 11.8. The number of hydrogen-bond donors (Lipinski definition) is 8. The molecule has 1 aromatic heterocycles. The minimum absolute atomic E-state index is 0.104. The van der Waals surface area contributed by atoms with Crippen LogP contribution in [0, 0.1) is 5.92 Å². The Morgan fingerprint density at radius 3 is 2.22 bits per heavy atom. The summed E-state index contributed by atoms with van der Waals surface area (Å²) < 4.78 is 0. The number of hydrogen-bond acceptors (Lipinski definition) is 8. The number of aromatic amines is 1. The van der Waals surface area contributed by atoms with Crippen LogP contribution >= 0.6 is 0 Å². The highest BCUT2D eigenvalue weighted by molar-refractivity contribution is 5.96. The van der Waals surface area contributed by atoms with Crippen molar-refractivity contribution in [2.45, 2.75) is 76.5 Å². The molecule has 5 unspecified atom stereocenters. The Labute approximate surface area is 209 Å². The largest absolute Gasteiger partial charge is 0.480 e. The highest BCUT2D eigenvalue weighted by Crippen LogP contribution is 2.10. The van der Waals surface area contributed by atoms with Gasteiger partial charge >= 0.3 is 5.97 Å². The quantitative estimate of drug-likeness (QED) is 0.106. The fraction of sp³-hybridized carbons (Fsp3) is 0.636. The van der Waals surface area contributed by atoms with Crippen LogP contribution in [0.5, 0.6) is 0 Å². The number of nitrogens with zero attached hydrogens (tertiary/aromatic N) is 1. The van der Waals surface area contributed by atoms with Gasteiger partial charge in [0.15, 0.2) is 0 Å². The lowest BCUT2D eigenvalue weighted by Crippen LogP contribution is -2.58. The second-order valence-corrected chi connectivity index (χ2v) is 8.67. The number of nitrogens with one attached hydrogen (secondary N) is 4. The Balaban J connectivity index is 2.98. The van der Waals surface area contributed by atoms with Crippen LogP contribution < -0.4 is 33.2 Å². The molecule has 0 aromatic carbocycles. The van der Waals surface area contributed by atoms with Crippen LogP contribution in [0.25, 0.3) is 0 Å². The van der Waals surface area contributed by atoms with Crippen LogP contribution in [0.2, 0.25) is 0 Å². The van der Waals surface area contributed by atoms with Crippen LogP contribution in [0.3, 0.4) is 0 Å². The molecule has 0 saturated heterocycles. The standard InChI is InChI=1S/C22H38N8O6/c1-3-12(2)18(22(35)36)30-20(33)15(6-4-5-7-23)28-21(34)16(9-17(25)31)29-19(32)14(24)8-13-10-26-11-27-13/h10-12,14-16,18H,3-9,23-24H2,1-2H3,(H2,25,31)(H,26,27)(H,28,34)(H,29,32)(H,30,33)(H,35,36). The van der Waals surface area contributed by atoms with E-state index in [9.17, 15) is 29.1 Å². The first-order valence-electron chi connectivity index (χ1n) is 11.8. The molecule has 0 aliphatic heterocycles. The highest BCUT2D eigenvalue weighted by Gasteiger charge is 2.32. The molecule has 11 N–H and O–H groups in total. The van der Waals surface area contributed by atoms with Gasteiger partial charge in [-0.1, -0.05) is 20.3 Å². The molecule has 202 valence electrons. The number of aliphatic carboxylic acids is 1. The zero-order valence-electron chi connectivity index (χ0n) is 20.7. The van der Waals surface area contributed by atoms with E-state index >= 15 is 0 Å². The molecule has 0 aliphatic carbocycles. The number of aromatic nitrogens is 2. The summed E-state index contributed by atoms with van der Waals surface area (Å²) in [7, 11) is 0. The van der Waals surface area contributed by atoms with Crippen molar-refractivity contribution in [3.63, 3.8) is 0 Å². The maximum Gasteiger partial charge on any atom is 0.326 e. The van der Waals surface area contributed by atoms with Gasteiger partial charge in [0.2, 0.25) is 23.6 Å². The molecule has 36 heavy (non-hydrogen) atoms. The van der Waals surface area contributed by atoms with Crippen molar-refractivity contribution < 1.29 is 29.1 Å². The van der Waals surface area contributed by atoms with E-state index in [0.29, 0.717) is 31.5 Å². The Morgan fingerprint density at radius 2 is 1.69 bits per heavy atom. The molecule has 14 nitrogen and oxygen atoms in total. The van der Waals surface area contributed by atoms with E-state index in [2.05, 4.69) is 25.9 Å². The van der Waals surface area contributed by atoms with Crippen LogP contribution in [-0.2, 0) is 30.4 Å². The van der Waals surface area contributed by atoms with Gasteiger partial charge in [-0.3, -0.25) is 19.2 Å². The predicted molar refractivity (Wildman–Crippen MR) is 130 cm³/mol. The van der Waals surface area contributed by atoms with Crippen LogP contribution in [-0.4, -0.2) is 75.4 Å². The highest BCUT2D eigenvalue weighted by atomic mass is 16.4. The van der Waals surface area contributed by atoms with Crippen LogP contribution in [0.15, 0.2) is 12.5 Å². The smallest absolute Gasteiger partial charge is 0.326 e. The minimum Gasteiger partial charge on any atom is -0.480 e. The molecule has 14 heteroatoms. The van der Waals surface area contributed by atoms with Crippen molar-refractivity contribution in [3.8, 4) is 0 Å². The third-order valence-electron chi connectivity index (χ3n) is 5.73. The monoisotopic (exact) mass is 510 g/mol. The van der Waals surface area contributed by atoms with E-state index in [1.54, 1.807) is 13.8 Å². The molecular weight excluding hydrogens is 472 g/mol. The van der Waals surface area contributed by atoms with Crippen molar-refractivity contribution in [1.82, 2.24) is 25.9 Å². The number of unbranched alkanes of at least 4 members (excludes halogenated alkanes) is 1. The number of nitrogens with two attached hydrogens (primary N) is 3. The van der Waals surface area contributed by atoms with E-state index in [1.165, 1.54) is 12.5 Å². The summed E-state index contributed by atoms with van der Waals surface area (Å²) in [5.41, 5.74) is 17.3. The van der Waals surface area contributed by atoms with Crippen molar-refractivity contribution >= 4 is 29.6 Å². The normalized spacial score (nSPS) is 15.1. The second-order valence-electron chi connectivity index (χ2n) is 8.67. The van der Waals surface area contributed by atoms with E-state index in [-0.39, 0.29) is 18.8 Å². The van der Waals surface area contributed by atoms with Gasteiger partial charge in [0.05, 0.1) is 18.8 Å². The molecule has 0 radical (unpaired) electrons. The second kappa shape index (κ2) is 15.5. The Hall–Kier alpha value is -3.52. The van der Waals surface area contributed by atoms with E-state index in [1.807, 2.05) is 0 Å². The number of primary amides is 1. The van der Waals surface area contributed by atoms with Crippen LogP contribution in [0.4, 0.5) is 0 Å². The average Bonchev–Trinajstić information content (AvgIpc) is 3.33. The summed E-state index contributed by atoms with van der Waals surface area (Å²) in [4.78, 5) is 68.3.